The number of hydrogen-bond acceptors (Lipinski definition) is 2. The minimum atomic E-state index is -0.438. The fourth-order valence-corrected chi connectivity index (χ4v) is 7.26. The van der Waals surface area contributed by atoms with Crippen molar-refractivity contribution in [3.63, 3.8) is 0 Å². The van der Waals surface area contributed by atoms with Gasteiger partial charge in [-0.2, -0.15) is 0 Å². The van der Waals surface area contributed by atoms with Crippen LogP contribution in [0.1, 0.15) is 72.1 Å². The molecule has 7 atom stereocenters. The lowest BCUT2D eigenvalue weighted by atomic mass is 9.48. The number of allylic oxidation sites excluding steroid dienone is 1. The Bertz CT molecular complexity index is 522. The minimum Gasteiger partial charge on any atom is -0.390 e. The van der Waals surface area contributed by atoms with Crippen molar-refractivity contribution in [2.45, 2.75) is 83.8 Å². The van der Waals surface area contributed by atoms with Gasteiger partial charge in [0.15, 0.2) is 0 Å². The zero-order valence-electron chi connectivity index (χ0n) is 15.4. The Morgan fingerprint density at radius 1 is 1.13 bits per heavy atom. The monoisotopic (exact) mass is 318 g/mol. The van der Waals surface area contributed by atoms with Gasteiger partial charge < -0.3 is 9.84 Å². The van der Waals surface area contributed by atoms with Gasteiger partial charge in [0.2, 0.25) is 0 Å². The molecule has 0 radical (unpaired) electrons. The summed E-state index contributed by atoms with van der Waals surface area (Å²) >= 11 is 0. The molecule has 0 aromatic heterocycles. The number of ether oxygens (including phenoxy) is 1. The van der Waals surface area contributed by atoms with Gasteiger partial charge in [-0.1, -0.05) is 25.5 Å². The van der Waals surface area contributed by atoms with Crippen LogP contribution in [0.2, 0.25) is 0 Å². The summed E-state index contributed by atoms with van der Waals surface area (Å²) in [5.74, 6) is 2.33. The molecule has 0 heterocycles. The smallest absolute Gasteiger partial charge is 0.0628 e. The maximum atomic E-state index is 10.7. The van der Waals surface area contributed by atoms with Crippen molar-refractivity contribution in [2.24, 2.45) is 28.6 Å². The van der Waals surface area contributed by atoms with E-state index in [0.717, 1.165) is 31.1 Å². The number of aliphatic hydroxyl groups is 1. The zero-order chi connectivity index (χ0) is 16.5. The highest BCUT2D eigenvalue weighted by molar-refractivity contribution is 5.25. The standard InChI is InChI=1S/C21H34O2/c1-19-9-8-17-16(18(19)12-20(2,22)13-19)6-5-14-11-15(23-4)7-10-21(14,17)3/h5,15-18,22H,6-13H2,1-4H3/t15-,16-,17+,18+,19-,20+,21+/m1/s1. The highest BCUT2D eigenvalue weighted by Crippen LogP contribution is 2.66. The molecule has 130 valence electrons. The maximum Gasteiger partial charge on any atom is 0.0628 e. The van der Waals surface area contributed by atoms with Crippen molar-refractivity contribution in [3.05, 3.63) is 11.6 Å². The number of fused-ring (bicyclic) bond motifs is 5. The SMILES string of the molecule is CO[C@@H]1CC[C@@]2(C)C(=CC[C@H]3[C@@H]4C[C@](C)(O)C[C@@]4(C)CC[C@@H]32)C1. The summed E-state index contributed by atoms with van der Waals surface area (Å²) in [4.78, 5) is 0. The number of hydrogen-bond donors (Lipinski definition) is 1. The van der Waals surface area contributed by atoms with Crippen LogP contribution < -0.4 is 0 Å². The largest absolute Gasteiger partial charge is 0.390 e. The van der Waals surface area contributed by atoms with E-state index in [1.54, 1.807) is 5.57 Å². The van der Waals surface area contributed by atoms with Crippen molar-refractivity contribution in [2.75, 3.05) is 7.11 Å². The van der Waals surface area contributed by atoms with E-state index in [1.807, 2.05) is 7.11 Å². The topological polar surface area (TPSA) is 29.5 Å². The van der Waals surface area contributed by atoms with Gasteiger partial charge in [-0.05, 0) is 86.9 Å². The van der Waals surface area contributed by atoms with Crippen LogP contribution in [0.15, 0.2) is 11.6 Å². The summed E-state index contributed by atoms with van der Waals surface area (Å²) in [6.07, 6.45) is 12.6. The third-order valence-corrected chi connectivity index (χ3v) is 8.35. The van der Waals surface area contributed by atoms with E-state index in [1.165, 1.54) is 32.1 Å². The second-order valence-corrected chi connectivity index (χ2v) is 9.93. The molecule has 0 bridgehead atoms. The van der Waals surface area contributed by atoms with Crippen molar-refractivity contribution in [3.8, 4) is 0 Å². The Morgan fingerprint density at radius 2 is 1.91 bits per heavy atom. The van der Waals surface area contributed by atoms with Crippen molar-refractivity contribution in [1.82, 2.24) is 0 Å². The van der Waals surface area contributed by atoms with Crippen molar-refractivity contribution in [1.29, 1.82) is 0 Å². The lowest BCUT2D eigenvalue weighted by Gasteiger charge is -2.57. The van der Waals surface area contributed by atoms with Gasteiger partial charge in [0.1, 0.15) is 0 Å². The third kappa shape index (κ3) is 2.35. The Morgan fingerprint density at radius 3 is 2.65 bits per heavy atom. The maximum absolute atomic E-state index is 10.7. The Balaban J connectivity index is 1.65. The van der Waals surface area contributed by atoms with Crippen LogP contribution in [-0.4, -0.2) is 23.9 Å². The quantitative estimate of drug-likeness (QED) is 0.709. The lowest BCUT2D eigenvalue weighted by Crippen LogP contribution is -2.49. The summed E-state index contributed by atoms with van der Waals surface area (Å²) in [7, 11) is 1.87. The first-order valence-electron chi connectivity index (χ1n) is 9.72. The van der Waals surface area contributed by atoms with Crippen LogP contribution in [0.3, 0.4) is 0 Å². The second kappa shape index (κ2) is 5.08. The number of methoxy groups -OCH3 is 1. The van der Waals surface area contributed by atoms with E-state index in [4.69, 9.17) is 4.74 Å². The molecule has 2 nitrogen and oxygen atoms in total. The highest BCUT2D eigenvalue weighted by atomic mass is 16.5. The second-order valence-electron chi connectivity index (χ2n) is 9.93. The third-order valence-electron chi connectivity index (χ3n) is 8.35. The van der Waals surface area contributed by atoms with Gasteiger partial charge in [0.05, 0.1) is 11.7 Å². The molecule has 0 aromatic rings. The molecular weight excluding hydrogens is 284 g/mol. The molecule has 2 heteroatoms. The molecule has 0 spiro atoms. The molecule has 4 rings (SSSR count). The average Bonchev–Trinajstić information content (AvgIpc) is 2.75. The van der Waals surface area contributed by atoms with Crippen molar-refractivity contribution < 1.29 is 9.84 Å². The molecule has 4 aliphatic carbocycles. The Hall–Kier alpha value is -0.340. The highest BCUT2D eigenvalue weighted by Gasteiger charge is 2.59. The van der Waals surface area contributed by atoms with Gasteiger partial charge >= 0.3 is 0 Å². The van der Waals surface area contributed by atoms with Crippen molar-refractivity contribution >= 4 is 0 Å². The fourth-order valence-electron chi connectivity index (χ4n) is 7.26. The van der Waals surface area contributed by atoms with E-state index in [-0.39, 0.29) is 0 Å². The first-order valence-corrected chi connectivity index (χ1v) is 9.72. The molecule has 23 heavy (non-hydrogen) atoms. The molecule has 4 aliphatic rings. The van der Waals surface area contributed by atoms with E-state index >= 15 is 0 Å². The molecule has 3 saturated carbocycles. The van der Waals surface area contributed by atoms with Gasteiger partial charge in [0.25, 0.3) is 0 Å². The molecule has 0 amide bonds. The van der Waals surface area contributed by atoms with Crippen LogP contribution in [0.4, 0.5) is 0 Å². The zero-order valence-corrected chi connectivity index (χ0v) is 15.4. The molecular formula is C21H34O2. The lowest BCUT2D eigenvalue weighted by molar-refractivity contribution is -0.0409. The first-order chi connectivity index (χ1) is 10.8. The summed E-state index contributed by atoms with van der Waals surface area (Å²) in [5.41, 5.74) is 2.02. The van der Waals surface area contributed by atoms with Crippen LogP contribution >= 0.6 is 0 Å². The van der Waals surface area contributed by atoms with E-state index in [0.29, 0.717) is 22.9 Å². The normalized spacial score (nSPS) is 55.6. The van der Waals surface area contributed by atoms with E-state index in [2.05, 4.69) is 26.8 Å². The molecule has 0 saturated heterocycles. The predicted molar refractivity (Wildman–Crippen MR) is 93.1 cm³/mol. The van der Waals surface area contributed by atoms with Gasteiger partial charge in [-0.15, -0.1) is 0 Å². The van der Waals surface area contributed by atoms with Gasteiger partial charge in [0, 0.05) is 7.11 Å². The molecule has 0 aliphatic heterocycles. The molecule has 3 fully saturated rings. The molecule has 1 N–H and O–H groups in total. The Labute approximate surface area is 141 Å². The summed E-state index contributed by atoms with van der Waals surface area (Å²) < 4.78 is 5.66. The minimum absolute atomic E-state index is 0.371. The van der Waals surface area contributed by atoms with Crippen LogP contribution in [0.5, 0.6) is 0 Å². The summed E-state index contributed by atoms with van der Waals surface area (Å²) in [6, 6.07) is 0. The molecule has 0 unspecified atom stereocenters. The fraction of sp³-hybridized carbons (Fsp3) is 0.905. The average molecular weight is 319 g/mol. The summed E-state index contributed by atoms with van der Waals surface area (Å²) in [6.45, 7) is 7.07. The van der Waals surface area contributed by atoms with Crippen LogP contribution in [0.25, 0.3) is 0 Å². The van der Waals surface area contributed by atoms with Crippen LogP contribution in [-0.2, 0) is 4.74 Å². The van der Waals surface area contributed by atoms with Gasteiger partial charge in [-0.25, -0.2) is 0 Å². The van der Waals surface area contributed by atoms with E-state index < -0.39 is 5.60 Å². The van der Waals surface area contributed by atoms with Crippen LogP contribution in [0, 0.1) is 28.6 Å². The predicted octanol–water partition coefficient (Wildman–Crippen LogP) is 4.72. The van der Waals surface area contributed by atoms with E-state index in [9.17, 15) is 5.11 Å². The molecule has 0 aromatic carbocycles. The summed E-state index contributed by atoms with van der Waals surface area (Å²) in [5, 5.41) is 10.7. The number of rotatable bonds is 1. The van der Waals surface area contributed by atoms with Gasteiger partial charge in [-0.3, -0.25) is 0 Å². The Kier molecular flexibility index (Phi) is 3.57. The first kappa shape index (κ1) is 16.1.